The van der Waals surface area contributed by atoms with Crippen LogP contribution in [0.5, 0.6) is 0 Å². The first-order chi connectivity index (χ1) is 14.4. The quantitative estimate of drug-likeness (QED) is 0.468. The molecule has 2 aromatic rings. The molecule has 31 heavy (non-hydrogen) atoms. The molecule has 1 aliphatic rings. The molecule has 168 valence electrons. The lowest BCUT2D eigenvalue weighted by atomic mass is 9.85. The summed E-state index contributed by atoms with van der Waals surface area (Å²) in [6, 6.07) is 8.35. The number of hydrogen-bond donors (Lipinski definition) is 1. The van der Waals surface area contributed by atoms with Crippen molar-refractivity contribution in [2.75, 3.05) is 5.32 Å². The van der Waals surface area contributed by atoms with Gasteiger partial charge in [-0.2, -0.15) is 13.2 Å². The van der Waals surface area contributed by atoms with Crippen LogP contribution in [0.3, 0.4) is 0 Å². The summed E-state index contributed by atoms with van der Waals surface area (Å²) < 4.78 is 81.6. The van der Waals surface area contributed by atoms with Crippen LogP contribution < -0.4 is 5.32 Å². The molecule has 2 atom stereocenters. The predicted octanol–water partition coefficient (Wildman–Crippen LogP) is 6.81. The first-order valence-corrected chi connectivity index (χ1v) is 10.0. The minimum atomic E-state index is -4.72. The van der Waals surface area contributed by atoms with Gasteiger partial charge < -0.3 is 5.32 Å². The SMILES string of the molecule is C[C@H]([C@H](C(=O)Nc1cc(CC2CC2)ccc1F)c1ccc(C(C)(F)F)cc1)C(F)(F)F. The van der Waals surface area contributed by atoms with E-state index < -0.39 is 35.7 Å². The smallest absolute Gasteiger partial charge is 0.323 e. The van der Waals surface area contributed by atoms with Crippen LogP contribution in [0.1, 0.15) is 49.3 Å². The Balaban J connectivity index is 1.90. The van der Waals surface area contributed by atoms with Gasteiger partial charge in [0, 0.05) is 12.5 Å². The minimum absolute atomic E-state index is 0.0788. The molecule has 2 aromatic carbocycles. The third kappa shape index (κ3) is 5.80. The van der Waals surface area contributed by atoms with Gasteiger partial charge >= 0.3 is 6.18 Å². The second-order valence-corrected chi connectivity index (χ2v) is 8.27. The first-order valence-electron chi connectivity index (χ1n) is 10.0. The maximum atomic E-state index is 14.2. The summed E-state index contributed by atoms with van der Waals surface area (Å²) in [5.41, 5.74) is 0.132. The molecule has 1 N–H and O–H groups in total. The van der Waals surface area contributed by atoms with Crippen molar-refractivity contribution >= 4 is 11.6 Å². The highest BCUT2D eigenvalue weighted by atomic mass is 19.4. The Kier molecular flexibility index (Phi) is 6.39. The predicted molar refractivity (Wildman–Crippen MR) is 105 cm³/mol. The standard InChI is InChI=1S/C23H23F6NO/c1-13(23(27,28)29)20(16-6-8-17(9-7-16)22(2,25)26)21(31)30-19-12-15(5-10-18(19)24)11-14-3-4-14/h5-10,12-14,20H,3-4,11H2,1-2H3,(H,30,31)/t13-,20+/m1/s1. The summed E-state index contributed by atoms with van der Waals surface area (Å²) >= 11 is 0. The van der Waals surface area contributed by atoms with E-state index in [0.29, 0.717) is 19.3 Å². The highest BCUT2D eigenvalue weighted by Crippen LogP contribution is 2.39. The Hall–Kier alpha value is -2.51. The molecule has 1 saturated carbocycles. The zero-order valence-corrected chi connectivity index (χ0v) is 17.1. The van der Waals surface area contributed by atoms with Gasteiger partial charge in [-0.1, -0.05) is 37.3 Å². The zero-order chi connectivity index (χ0) is 23.0. The van der Waals surface area contributed by atoms with Gasteiger partial charge in [0.15, 0.2) is 0 Å². The van der Waals surface area contributed by atoms with Gasteiger partial charge in [-0.15, -0.1) is 0 Å². The van der Waals surface area contributed by atoms with Crippen LogP contribution >= 0.6 is 0 Å². The van der Waals surface area contributed by atoms with Crippen LogP contribution in [0.4, 0.5) is 32.0 Å². The molecule has 1 aliphatic carbocycles. The highest BCUT2D eigenvalue weighted by Gasteiger charge is 2.45. The fourth-order valence-electron chi connectivity index (χ4n) is 3.50. The van der Waals surface area contributed by atoms with Crippen LogP contribution in [0, 0.1) is 17.7 Å². The summed E-state index contributed by atoms with van der Waals surface area (Å²) in [5.74, 6) is -8.32. The Morgan fingerprint density at radius 2 is 1.68 bits per heavy atom. The summed E-state index contributed by atoms with van der Waals surface area (Å²) in [5, 5.41) is 2.28. The van der Waals surface area contributed by atoms with Crippen molar-refractivity contribution in [1.29, 1.82) is 0 Å². The van der Waals surface area contributed by atoms with Crippen LogP contribution in [0.25, 0.3) is 0 Å². The van der Waals surface area contributed by atoms with Crippen molar-refractivity contribution in [3.05, 3.63) is 65.0 Å². The van der Waals surface area contributed by atoms with Crippen LogP contribution in [-0.4, -0.2) is 12.1 Å². The maximum absolute atomic E-state index is 14.2. The van der Waals surface area contributed by atoms with Crippen molar-refractivity contribution in [3.8, 4) is 0 Å². The average molecular weight is 443 g/mol. The molecule has 2 nitrogen and oxygen atoms in total. The Morgan fingerprint density at radius 1 is 1.06 bits per heavy atom. The second-order valence-electron chi connectivity index (χ2n) is 8.27. The van der Waals surface area contributed by atoms with Crippen molar-refractivity contribution in [1.82, 2.24) is 0 Å². The minimum Gasteiger partial charge on any atom is -0.323 e. The third-order valence-electron chi connectivity index (χ3n) is 5.59. The molecule has 0 spiro atoms. The largest absolute Gasteiger partial charge is 0.392 e. The Morgan fingerprint density at radius 3 is 2.19 bits per heavy atom. The fourth-order valence-corrected chi connectivity index (χ4v) is 3.50. The monoisotopic (exact) mass is 443 g/mol. The topological polar surface area (TPSA) is 29.1 Å². The normalized spacial score (nSPS) is 16.6. The van der Waals surface area contributed by atoms with E-state index in [9.17, 15) is 31.1 Å². The Labute approximate surface area is 176 Å². The molecule has 1 amide bonds. The number of benzene rings is 2. The van der Waals surface area contributed by atoms with Crippen molar-refractivity contribution in [2.24, 2.45) is 11.8 Å². The molecular formula is C23H23F6NO. The Bertz CT molecular complexity index is 929. The second kappa shape index (κ2) is 8.55. The molecular weight excluding hydrogens is 420 g/mol. The van der Waals surface area contributed by atoms with Gasteiger partial charge in [-0.05, 0) is 48.4 Å². The summed E-state index contributed by atoms with van der Waals surface area (Å²) in [4.78, 5) is 12.9. The molecule has 3 rings (SSSR count). The van der Waals surface area contributed by atoms with Gasteiger partial charge in [-0.3, -0.25) is 4.79 Å². The van der Waals surface area contributed by atoms with E-state index in [1.165, 1.54) is 12.1 Å². The summed E-state index contributed by atoms with van der Waals surface area (Å²) in [6.07, 6.45) is -1.88. The van der Waals surface area contributed by atoms with Crippen LogP contribution in [0.15, 0.2) is 42.5 Å². The number of carbonyl (C=O) groups excluding carboxylic acids is 1. The zero-order valence-electron chi connectivity index (χ0n) is 17.1. The highest BCUT2D eigenvalue weighted by molar-refractivity contribution is 5.96. The van der Waals surface area contributed by atoms with E-state index in [4.69, 9.17) is 0 Å². The molecule has 0 heterocycles. The van der Waals surface area contributed by atoms with E-state index in [2.05, 4.69) is 5.32 Å². The molecule has 0 radical (unpaired) electrons. The molecule has 0 bridgehead atoms. The average Bonchev–Trinajstić information content (AvgIpc) is 3.47. The van der Waals surface area contributed by atoms with Crippen LogP contribution in [0.2, 0.25) is 0 Å². The van der Waals surface area contributed by atoms with E-state index >= 15 is 0 Å². The van der Waals surface area contributed by atoms with Crippen molar-refractivity contribution in [3.63, 3.8) is 0 Å². The lowest BCUT2D eigenvalue weighted by Crippen LogP contribution is -2.34. The molecule has 0 aromatic heterocycles. The van der Waals surface area contributed by atoms with Gasteiger partial charge in [0.25, 0.3) is 5.92 Å². The van der Waals surface area contributed by atoms with E-state index in [-0.39, 0.29) is 16.8 Å². The van der Waals surface area contributed by atoms with E-state index in [1.807, 2.05) is 0 Å². The molecule has 1 fully saturated rings. The number of halogens is 6. The van der Waals surface area contributed by atoms with Crippen molar-refractivity contribution in [2.45, 2.75) is 51.1 Å². The summed E-state index contributed by atoms with van der Waals surface area (Å²) in [6.45, 7) is 1.51. The van der Waals surface area contributed by atoms with Gasteiger partial charge in [-0.25, -0.2) is 13.2 Å². The maximum Gasteiger partial charge on any atom is 0.392 e. The molecule has 0 unspecified atom stereocenters. The first kappa shape index (κ1) is 23.2. The number of nitrogens with one attached hydrogen (secondary N) is 1. The van der Waals surface area contributed by atoms with E-state index in [1.54, 1.807) is 6.07 Å². The number of hydrogen-bond acceptors (Lipinski definition) is 1. The van der Waals surface area contributed by atoms with Gasteiger partial charge in [0.1, 0.15) is 5.82 Å². The lowest BCUT2D eigenvalue weighted by molar-refractivity contribution is -0.178. The third-order valence-corrected chi connectivity index (χ3v) is 5.59. The van der Waals surface area contributed by atoms with Gasteiger partial charge in [0.2, 0.25) is 5.91 Å². The van der Waals surface area contributed by atoms with E-state index in [0.717, 1.165) is 49.6 Å². The summed E-state index contributed by atoms with van der Waals surface area (Å²) in [7, 11) is 0. The number of amides is 1. The number of carbonyl (C=O) groups is 1. The number of alkyl halides is 5. The molecule has 8 heteroatoms. The lowest BCUT2D eigenvalue weighted by Gasteiger charge is -2.26. The van der Waals surface area contributed by atoms with Gasteiger partial charge in [0.05, 0.1) is 17.5 Å². The fraction of sp³-hybridized carbons (Fsp3) is 0.435. The number of anilines is 1. The van der Waals surface area contributed by atoms with Crippen molar-refractivity contribution < 1.29 is 31.1 Å². The number of rotatable bonds is 7. The van der Waals surface area contributed by atoms with Crippen LogP contribution in [-0.2, 0) is 17.1 Å². The molecule has 0 saturated heterocycles. The molecule has 0 aliphatic heterocycles.